The predicted octanol–water partition coefficient (Wildman–Crippen LogP) is 6.04. The number of nitrogens with zero attached hydrogens (tertiary/aromatic N) is 3. The molecule has 0 atom stereocenters. The first-order valence-corrected chi connectivity index (χ1v) is 12.8. The fraction of sp³-hybridized carbons (Fsp3) is 0.0645. The number of halogens is 1. The Balaban J connectivity index is 1.44. The Morgan fingerprint density at radius 3 is 2.62 bits per heavy atom. The number of hydrogen-bond donors (Lipinski definition) is 2. The van der Waals surface area contributed by atoms with Crippen LogP contribution in [0.3, 0.4) is 0 Å². The van der Waals surface area contributed by atoms with Crippen LogP contribution in [0.15, 0.2) is 96.2 Å². The van der Waals surface area contributed by atoms with Gasteiger partial charge in [0.15, 0.2) is 0 Å². The number of nitrogens with one attached hydrogen (secondary N) is 2. The molecule has 2 aromatic carbocycles. The van der Waals surface area contributed by atoms with Crippen molar-refractivity contribution in [2.45, 2.75) is 6.42 Å². The van der Waals surface area contributed by atoms with Crippen molar-refractivity contribution in [1.82, 2.24) is 19.9 Å². The number of anilines is 1. The molecule has 0 spiro atoms. The number of aromatic amines is 1. The first-order valence-electron chi connectivity index (χ1n) is 12.5. The maximum Gasteiger partial charge on any atom is 0.228 e. The monoisotopic (exact) mass is 547 g/mol. The minimum atomic E-state index is -0.350. The van der Waals surface area contributed by atoms with Gasteiger partial charge >= 0.3 is 0 Å². The van der Waals surface area contributed by atoms with Gasteiger partial charge in [-0.15, -0.1) is 0 Å². The summed E-state index contributed by atoms with van der Waals surface area (Å²) in [6, 6.07) is 22.5. The Labute approximate surface area is 233 Å². The SMILES string of the molecule is COc1ccc(CC(=O)Nc2c[nH]c3nc(-c4ccccc4)c(-c4cc(Cl)c5ncccc5c4)cc3c2=O)cn1. The number of benzene rings is 2. The largest absolute Gasteiger partial charge is 0.481 e. The van der Waals surface area contributed by atoms with Gasteiger partial charge in [0.1, 0.15) is 11.3 Å². The molecule has 0 saturated carbocycles. The first-order chi connectivity index (χ1) is 19.5. The molecule has 0 unspecified atom stereocenters. The molecule has 2 N–H and O–H groups in total. The Morgan fingerprint density at radius 1 is 1.00 bits per heavy atom. The fourth-order valence-corrected chi connectivity index (χ4v) is 4.87. The summed E-state index contributed by atoms with van der Waals surface area (Å²) < 4.78 is 5.06. The van der Waals surface area contributed by atoms with Gasteiger partial charge in [-0.1, -0.05) is 54.1 Å². The van der Waals surface area contributed by atoms with E-state index in [1.165, 1.54) is 13.3 Å². The normalized spacial score (nSPS) is 11.1. The zero-order chi connectivity index (χ0) is 27.6. The van der Waals surface area contributed by atoms with Crippen molar-refractivity contribution >= 4 is 45.1 Å². The summed E-state index contributed by atoms with van der Waals surface area (Å²) in [7, 11) is 1.52. The smallest absolute Gasteiger partial charge is 0.228 e. The van der Waals surface area contributed by atoms with E-state index >= 15 is 0 Å². The van der Waals surface area contributed by atoms with E-state index in [4.69, 9.17) is 21.3 Å². The number of pyridine rings is 4. The minimum Gasteiger partial charge on any atom is -0.481 e. The van der Waals surface area contributed by atoms with Crippen LogP contribution in [0.4, 0.5) is 5.69 Å². The number of hydrogen-bond acceptors (Lipinski definition) is 6. The molecule has 4 heterocycles. The van der Waals surface area contributed by atoms with E-state index in [0.717, 1.165) is 22.1 Å². The predicted molar refractivity (Wildman–Crippen MR) is 157 cm³/mol. The molecule has 0 bridgehead atoms. The number of carbonyl (C=O) groups is 1. The maximum atomic E-state index is 13.6. The van der Waals surface area contributed by atoms with E-state index in [-0.39, 0.29) is 23.4 Å². The van der Waals surface area contributed by atoms with Crippen LogP contribution in [0, 0.1) is 0 Å². The van der Waals surface area contributed by atoms with Gasteiger partial charge in [0.2, 0.25) is 17.2 Å². The van der Waals surface area contributed by atoms with E-state index in [1.807, 2.05) is 54.6 Å². The Morgan fingerprint density at radius 2 is 1.85 bits per heavy atom. The molecule has 9 heteroatoms. The molecule has 0 saturated heterocycles. The van der Waals surface area contributed by atoms with Crippen LogP contribution in [-0.2, 0) is 11.2 Å². The molecule has 0 aliphatic carbocycles. The van der Waals surface area contributed by atoms with Crippen molar-refractivity contribution in [3.8, 4) is 28.3 Å². The molecule has 0 aliphatic rings. The summed E-state index contributed by atoms with van der Waals surface area (Å²) in [4.78, 5) is 42.8. The van der Waals surface area contributed by atoms with Gasteiger partial charge in [0.05, 0.1) is 35.2 Å². The van der Waals surface area contributed by atoms with Gasteiger partial charge in [-0.25, -0.2) is 9.97 Å². The number of H-pyrrole nitrogens is 1. The lowest BCUT2D eigenvalue weighted by molar-refractivity contribution is -0.115. The second kappa shape index (κ2) is 10.6. The summed E-state index contributed by atoms with van der Waals surface area (Å²) in [5.41, 5.74) is 4.65. The molecule has 8 nitrogen and oxygen atoms in total. The lowest BCUT2D eigenvalue weighted by Gasteiger charge is -2.13. The Bertz CT molecular complexity index is 1940. The highest BCUT2D eigenvalue weighted by atomic mass is 35.5. The molecule has 1 amide bonds. The summed E-state index contributed by atoms with van der Waals surface area (Å²) in [5, 5.41) is 4.42. The molecule has 6 aromatic rings. The number of ether oxygens (including phenoxy) is 1. The quantitative estimate of drug-likeness (QED) is 0.263. The third-order valence-corrected chi connectivity index (χ3v) is 6.82. The van der Waals surface area contributed by atoms with Gasteiger partial charge in [-0.2, -0.15) is 0 Å². The van der Waals surface area contributed by atoms with Crippen molar-refractivity contribution in [2.24, 2.45) is 0 Å². The minimum absolute atomic E-state index is 0.0501. The highest BCUT2D eigenvalue weighted by molar-refractivity contribution is 6.35. The van der Waals surface area contributed by atoms with Crippen LogP contribution >= 0.6 is 11.6 Å². The number of methoxy groups -OCH3 is 1. The molecule has 6 rings (SSSR count). The van der Waals surface area contributed by atoms with Gasteiger partial charge in [-0.05, 0) is 35.4 Å². The third kappa shape index (κ3) is 4.88. The van der Waals surface area contributed by atoms with E-state index in [0.29, 0.717) is 38.7 Å². The van der Waals surface area contributed by atoms with E-state index in [9.17, 15) is 9.59 Å². The van der Waals surface area contributed by atoms with Crippen molar-refractivity contribution in [2.75, 3.05) is 12.4 Å². The van der Waals surface area contributed by atoms with E-state index in [1.54, 1.807) is 30.6 Å². The lowest BCUT2D eigenvalue weighted by atomic mass is 9.96. The Kier molecular flexibility index (Phi) is 6.67. The van der Waals surface area contributed by atoms with Crippen LogP contribution in [0.25, 0.3) is 44.3 Å². The van der Waals surface area contributed by atoms with Gasteiger partial charge in [0.25, 0.3) is 0 Å². The Hall–Kier alpha value is -5.08. The van der Waals surface area contributed by atoms with Crippen molar-refractivity contribution in [3.63, 3.8) is 0 Å². The highest BCUT2D eigenvalue weighted by Crippen LogP contribution is 2.36. The summed E-state index contributed by atoms with van der Waals surface area (Å²) in [5.74, 6) is 0.108. The van der Waals surface area contributed by atoms with Crippen molar-refractivity contribution in [1.29, 1.82) is 0 Å². The standard InChI is InChI=1S/C31H22ClN5O3/c1-40-27-10-9-18(16-34-27)12-26(38)36-25-17-35-31-23(30(25)39)15-22(28(37-31)19-6-3-2-4-7-19)21-13-20-8-5-11-33-29(20)24(32)14-21/h2-11,13-17H,12H2,1H3,(H,36,38)(H,35,37,39). The zero-order valence-corrected chi connectivity index (χ0v) is 22.1. The highest BCUT2D eigenvalue weighted by Gasteiger charge is 2.17. The van der Waals surface area contributed by atoms with Crippen LogP contribution in [0.2, 0.25) is 5.02 Å². The summed E-state index contributed by atoms with van der Waals surface area (Å²) in [6.45, 7) is 0. The average molecular weight is 548 g/mol. The molecule has 0 radical (unpaired) electrons. The molecule has 0 fully saturated rings. The number of rotatable bonds is 6. The van der Waals surface area contributed by atoms with Gasteiger partial charge in [-0.3, -0.25) is 14.6 Å². The molecular formula is C31H22ClN5O3. The topological polar surface area (TPSA) is 110 Å². The fourth-order valence-electron chi connectivity index (χ4n) is 4.60. The third-order valence-electron chi connectivity index (χ3n) is 6.53. The lowest BCUT2D eigenvalue weighted by Crippen LogP contribution is -2.20. The van der Waals surface area contributed by atoms with Crippen LogP contribution < -0.4 is 15.5 Å². The second-order valence-electron chi connectivity index (χ2n) is 9.15. The molecule has 0 aliphatic heterocycles. The second-order valence-corrected chi connectivity index (χ2v) is 9.55. The van der Waals surface area contributed by atoms with E-state index < -0.39 is 0 Å². The molecule has 4 aromatic heterocycles. The average Bonchev–Trinajstić information content (AvgIpc) is 2.99. The zero-order valence-electron chi connectivity index (χ0n) is 21.3. The van der Waals surface area contributed by atoms with Gasteiger partial charge < -0.3 is 15.0 Å². The van der Waals surface area contributed by atoms with Crippen molar-refractivity contribution in [3.05, 3.63) is 112 Å². The number of amides is 1. The van der Waals surface area contributed by atoms with Gasteiger partial charge in [0, 0.05) is 41.2 Å². The van der Waals surface area contributed by atoms with Crippen LogP contribution in [0.1, 0.15) is 5.56 Å². The van der Waals surface area contributed by atoms with E-state index in [2.05, 4.69) is 20.3 Å². The summed E-state index contributed by atoms with van der Waals surface area (Å²) in [6.07, 6.45) is 4.78. The number of aromatic nitrogens is 4. The van der Waals surface area contributed by atoms with Crippen molar-refractivity contribution < 1.29 is 9.53 Å². The molecule has 40 heavy (non-hydrogen) atoms. The molecular weight excluding hydrogens is 526 g/mol. The summed E-state index contributed by atoms with van der Waals surface area (Å²) >= 11 is 6.62. The van der Waals surface area contributed by atoms with Crippen LogP contribution in [-0.4, -0.2) is 33.0 Å². The number of fused-ring (bicyclic) bond motifs is 2. The molecule has 196 valence electrons. The maximum absolute atomic E-state index is 13.6. The first kappa shape index (κ1) is 25.2. The number of carbonyl (C=O) groups excluding carboxylic acids is 1. The van der Waals surface area contributed by atoms with Crippen LogP contribution in [0.5, 0.6) is 5.88 Å².